The van der Waals surface area contributed by atoms with Crippen LogP contribution in [-0.2, 0) is 17.6 Å². The number of para-hydroxylation sites is 1. The second-order valence-electron chi connectivity index (χ2n) is 8.15. The maximum atomic E-state index is 13.7. The van der Waals surface area contributed by atoms with Crippen LogP contribution in [0.1, 0.15) is 34.8 Å². The van der Waals surface area contributed by atoms with E-state index in [1.165, 1.54) is 16.9 Å². The number of amides is 2. The van der Waals surface area contributed by atoms with Crippen LogP contribution in [0.2, 0.25) is 0 Å². The van der Waals surface area contributed by atoms with E-state index in [0.717, 1.165) is 34.3 Å². The summed E-state index contributed by atoms with van der Waals surface area (Å²) in [6.07, 6.45) is 1.99. The molecule has 0 fully saturated rings. The predicted octanol–water partition coefficient (Wildman–Crippen LogP) is 5.48. The Morgan fingerprint density at radius 1 is 1.03 bits per heavy atom. The van der Waals surface area contributed by atoms with Crippen LogP contribution in [0.5, 0.6) is 0 Å². The minimum absolute atomic E-state index is 0.0620. The molecule has 1 aromatic heterocycles. The SMILES string of the molecule is CCC(=O)N1CCc2cc(C(=O)N(CCc3ccccc3)c3nc4ccccc4s3)ccc21. The summed E-state index contributed by atoms with van der Waals surface area (Å²) < 4.78 is 1.06. The molecule has 0 N–H and O–H groups in total. The van der Waals surface area contributed by atoms with Gasteiger partial charge < -0.3 is 4.90 Å². The van der Waals surface area contributed by atoms with Gasteiger partial charge in [0.25, 0.3) is 5.91 Å². The zero-order valence-electron chi connectivity index (χ0n) is 18.5. The summed E-state index contributed by atoms with van der Waals surface area (Å²) in [5.74, 6) is 0.0554. The van der Waals surface area contributed by atoms with Crippen LogP contribution in [0.4, 0.5) is 10.8 Å². The van der Waals surface area contributed by atoms with E-state index in [0.29, 0.717) is 30.2 Å². The average Bonchev–Trinajstić information content (AvgIpc) is 3.48. The van der Waals surface area contributed by atoms with Crippen molar-refractivity contribution in [1.29, 1.82) is 0 Å². The summed E-state index contributed by atoms with van der Waals surface area (Å²) >= 11 is 1.54. The smallest absolute Gasteiger partial charge is 0.260 e. The first kappa shape index (κ1) is 21.3. The van der Waals surface area contributed by atoms with Crippen molar-refractivity contribution in [2.75, 3.05) is 22.9 Å². The molecule has 0 atom stereocenters. The van der Waals surface area contributed by atoms with Gasteiger partial charge in [-0.2, -0.15) is 0 Å². The molecular weight excluding hydrogens is 430 g/mol. The first-order valence-electron chi connectivity index (χ1n) is 11.3. The van der Waals surface area contributed by atoms with E-state index in [2.05, 4.69) is 12.1 Å². The number of fused-ring (bicyclic) bond motifs is 2. The van der Waals surface area contributed by atoms with Gasteiger partial charge in [0.05, 0.1) is 10.2 Å². The molecule has 0 saturated heterocycles. The van der Waals surface area contributed by atoms with Crippen LogP contribution in [0, 0.1) is 0 Å². The molecule has 33 heavy (non-hydrogen) atoms. The lowest BCUT2D eigenvalue weighted by atomic mass is 10.1. The van der Waals surface area contributed by atoms with Gasteiger partial charge in [-0.25, -0.2) is 4.98 Å². The highest BCUT2D eigenvalue weighted by Crippen LogP contribution is 2.32. The van der Waals surface area contributed by atoms with Crippen molar-refractivity contribution in [3.05, 3.63) is 89.5 Å². The Kier molecular flexibility index (Phi) is 5.92. The quantitative estimate of drug-likeness (QED) is 0.387. The second kappa shape index (κ2) is 9.16. The Balaban J connectivity index is 1.47. The van der Waals surface area contributed by atoms with Crippen molar-refractivity contribution in [2.45, 2.75) is 26.2 Å². The van der Waals surface area contributed by atoms with Crippen LogP contribution in [-0.4, -0.2) is 29.9 Å². The number of thiazole rings is 1. The van der Waals surface area contributed by atoms with E-state index in [4.69, 9.17) is 4.98 Å². The van der Waals surface area contributed by atoms with Crippen molar-refractivity contribution in [2.24, 2.45) is 0 Å². The Hall–Kier alpha value is -3.51. The highest BCUT2D eigenvalue weighted by molar-refractivity contribution is 7.22. The minimum atomic E-state index is -0.0620. The maximum Gasteiger partial charge on any atom is 0.260 e. The van der Waals surface area contributed by atoms with E-state index in [1.807, 2.05) is 72.5 Å². The normalized spacial score (nSPS) is 12.7. The monoisotopic (exact) mass is 455 g/mol. The molecule has 4 aromatic rings. The molecule has 6 heteroatoms. The second-order valence-corrected chi connectivity index (χ2v) is 9.16. The molecule has 5 nitrogen and oxygen atoms in total. The van der Waals surface area contributed by atoms with Gasteiger partial charge in [0, 0.05) is 30.8 Å². The standard InChI is InChI=1S/C27H25N3O2S/c1-2-25(31)29-17-15-20-18-21(12-13-23(20)29)26(32)30(16-14-19-8-4-3-5-9-19)27-28-22-10-6-7-11-24(22)33-27/h3-13,18H,2,14-17H2,1H3. The number of nitrogens with zero attached hydrogens (tertiary/aromatic N) is 3. The van der Waals surface area contributed by atoms with Crippen molar-refractivity contribution in [3.8, 4) is 0 Å². The summed E-state index contributed by atoms with van der Waals surface area (Å²) in [6, 6.07) is 23.9. The topological polar surface area (TPSA) is 53.5 Å². The Labute approximate surface area is 197 Å². The van der Waals surface area contributed by atoms with Gasteiger partial charge in [0.1, 0.15) is 0 Å². The van der Waals surface area contributed by atoms with Gasteiger partial charge in [0.2, 0.25) is 5.91 Å². The Morgan fingerprint density at radius 3 is 2.61 bits per heavy atom. The van der Waals surface area contributed by atoms with Gasteiger partial charge >= 0.3 is 0 Å². The van der Waals surface area contributed by atoms with Crippen molar-refractivity contribution in [1.82, 2.24) is 4.98 Å². The van der Waals surface area contributed by atoms with Crippen molar-refractivity contribution >= 4 is 44.2 Å². The lowest BCUT2D eigenvalue weighted by Crippen LogP contribution is -2.33. The van der Waals surface area contributed by atoms with Crippen LogP contribution >= 0.6 is 11.3 Å². The molecule has 0 spiro atoms. The van der Waals surface area contributed by atoms with E-state index in [-0.39, 0.29) is 11.8 Å². The number of carbonyl (C=O) groups excluding carboxylic acids is 2. The number of anilines is 2. The zero-order valence-corrected chi connectivity index (χ0v) is 19.3. The number of aromatic nitrogens is 1. The fraction of sp³-hybridized carbons (Fsp3) is 0.222. The van der Waals surface area contributed by atoms with Crippen molar-refractivity contribution < 1.29 is 9.59 Å². The third kappa shape index (κ3) is 4.26. The number of hydrogen-bond acceptors (Lipinski definition) is 4. The molecule has 0 aliphatic carbocycles. The molecule has 0 saturated carbocycles. The van der Waals surface area contributed by atoms with Crippen LogP contribution in [0.15, 0.2) is 72.8 Å². The third-order valence-corrected chi connectivity index (χ3v) is 7.11. The Bertz CT molecular complexity index is 1280. The van der Waals surface area contributed by atoms with Gasteiger partial charge in [0.15, 0.2) is 5.13 Å². The minimum Gasteiger partial charge on any atom is -0.312 e. The first-order chi connectivity index (χ1) is 16.1. The molecule has 0 bridgehead atoms. The molecule has 2 heterocycles. The van der Waals surface area contributed by atoms with E-state index in [9.17, 15) is 9.59 Å². The molecule has 166 valence electrons. The summed E-state index contributed by atoms with van der Waals surface area (Å²) in [7, 11) is 0. The van der Waals surface area contributed by atoms with Gasteiger partial charge in [-0.15, -0.1) is 0 Å². The predicted molar refractivity (Wildman–Crippen MR) is 134 cm³/mol. The number of hydrogen-bond donors (Lipinski definition) is 0. The molecule has 1 aliphatic rings. The summed E-state index contributed by atoms with van der Waals surface area (Å²) in [5.41, 5.74) is 4.69. The van der Waals surface area contributed by atoms with Crippen LogP contribution < -0.4 is 9.80 Å². The van der Waals surface area contributed by atoms with Gasteiger partial charge in [-0.3, -0.25) is 14.5 Å². The van der Waals surface area contributed by atoms with E-state index < -0.39 is 0 Å². The third-order valence-electron chi connectivity index (χ3n) is 6.05. The molecule has 5 rings (SSSR count). The van der Waals surface area contributed by atoms with Gasteiger partial charge in [-0.05, 0) is 54.3 Å². The summed E-state index contributed by atoms with van der Waals surface area (Å²) in [5, 5.41) is 0.709. The fourth-order valence-electron chi connectivity index (χ4n) is 4.29. The lowest BCUT2D eigenvalue weighted by molar-refractivity contribution is -0.118. The molecule has 1 aliphatic heterocycles. The Morgan fingerprint density at radius 2 is 1.82 bits per heavy atom. The van der Waals surface area contributed by atoms with E-state index in [1.54, 1.807) is 4.90 Å². The van der Waals surface area contributed by atoms with Crippen LogP contribution in [0.25, 0.3) is 10.2 Å². The summed E-state index contributed by atoms with van der Waals surface area (Å²) in [6.45, 7) is 3.09. The molecule has 0 unspecified atom stereocenters. The van der Waals surface area contributed by atoms with Crippen LogP contribution in [0.3, 0.4) is 0 Å². The molecule has 3 aromatic carbocycles. The largest absolute Gasteiger partial charge is 0.312 e. The fourth-order valence-corrected chi connectivity index (χ4v) is 5.28. The molecule has 2 amide bonds. The maximum absolute atomic E-state index is 13.7. The average molecular weight is 456 g/mol. The highest BCUT2D eigenvalue weighted by atomic mass is 32.1. The van der Waals surface area contributed by atoms with Crippen molar-refractivity contribution in [3.63, 3.8) is 0 Å². The van der Waals surface area contributed by atoms with Gasteiger partial charge in [-0.1, -0.05) is 60.7 Å². The van der Waals surface area contributed by atoms with E-state index >= 15 is 0 Å². The lowest BCUT2D eigenvalue weighted by Gasteiger charge is -2.21. The molecular formula is C27H25N3O2S. The zero-order chi connectivity index (χ0) is 22.8. The number of rotatable bonds is 6. The number of benzene rings is 3. The highest BCUT2D eigenvalue weighted by Gasteiger charge is 2.27. The number of carbonyl (C=O) groups is 2. The summed E-state index contributed by atoms with van der Waals surface area (Å²) in [4.78, 5) is 34.3. The first-order valence-corrected chi connectivity index (χ1v) is 12.1. The molecule has 0 radical (unpaired) electrons.